The molecule has 0 spiro atoms. The van der Waals surface area contributed by atoms with Gasteiger partial charge in [-0.25, -0.2) is 14.8 Å². The first kappa shape index (κ1) is 18.7. The standard InChI is InChI=1S/C18H24N4O3/c1-14(2)13-22(11-12-24-3)18(23)21-15-5-7-16(8-6-15)25-17-19-9-4-10-20-17/h4-10,14H,11-13H2,1-3H3,(H,21,23). The number of hydrogen-bond donors (Lipinski definition) is 1. The average molecular weight is 344 g/mol. The molecule has 1 aromatic carbocycles. The number of hydrogen-bond acceptors (Lipinski definition) is 5. The predicted octanol–water partition coefficient (Wildman–Crippen LogP) is 3.41. The molecule has 25 heavy (non-hydrogen) atoms. The monoisotopic (exact) mass is 344 g/mol. The molecular formula is C18H24N4O3. The number of ether oxygens (including phenoxy) is 2. The molecule has 7 nitrogen and oxygen atoms in total. The van der Waals surface area contributed by atoms with Crippen LogP contribution in [-0.4, -0.2) is 47.7 Å². The number of rotatable bonds is 8. The van der Waals surface area contributed by atoms with Gasteiger partial charge in [-0.2, -0.15) is 0 Å². The van der Waals surface area contributed by atoms with Crippen molar-refractivity contribution in [2.45, 2.75) is 13.8 Å². The Balaban J connectivity index is 1.95. The quantitative estimate of drug-likeness (QED) is 0.794. The highest BCUT2D eigenvalue weighted by atomic mass is 16.5. The minimum Gasteiger partial charge on any atom is -0.424 e. The fraction of sp³-hybridized carbons (Fsp3) is 0.389. The molecule has 0 atom stereocenters. The average Bonchev–Trinajstić information content (AvgIpc) is 2.61. The summed E-state index contributed by atoms with van der Waals surface area (Å²) in [5.74, 6) is 0.979. The minimum absolute atomic E-state index is 0.147. The van der Waals surface area contributed by atoms with E-state index in [4.69, 9.17) is 9.47 Å². The van der Waals surface area contributed by atoms with Gasteiger partial charge in [0.2, 0.25) is 0 Å². The molecule has 0 saturated heterocycles. The number of amides is 2. The van der Waals surface area contributed by atoms with E-state index in [0.717, 1.165) is 0 Å². The Morgan fingerprint density at radius 1 is 1.20 bits per heavy atom. The number of nitrogens with zero attached hydrogens (tertiary/aromatic N) is 3. The molecular weight excluding hydrogens is 320 g/mol. The maximum atomic E-state index is 12.4. The lowest BCUT2D eigenvalue weighted by Crippen LogP contribution is -2.39. The summed E-state index contributed by atoms with van der Waals surface area (Å²) in [7, 11) is 1.63. The summed E-state index contributed by atoms with van der Waals surface area (Å²) in [5, 5.41) is 2.89. The molecule has 134 valence electrons. The van der Waals surface area contributed by atoms with Crippen molar-refractivity contribution in [2.24, 2.45) is 5.92 Å². The van der Waals surface area contributed by atoms with Crippen LogP contribution < -0.4 is 10.1 Å². The summed E-state index contributed by atoms with van der Waals surface area (Å²) in [6.07, 6.45) is 3.22. The lowest BCUT2D eigenvalue weighted by atomic mass is 10.2. The van der Waals surface area contributed by atoms with Crippen LogP contribution in [0.3, 0.4) is 0 Å². The maximum Gasteiger partial charge on any atom is 0.321 e. The van der Waals surface area contributed by atoms with E-state index in [-0.39, 0.29) is 12.0 Å². The van der Waals surface area contributed by atoms with E-state index in [1.54, 1.807) is 54.7 Å². The Labute approximate surface area is 148 Å². The molecule has 0 bridgehead atoms. The summed E-state index contributed by atoms with van der Waals surface area (Å²) in [6.45, 7) is 5.87. The molecule has 0 aliphatic rings. The molecule has 0 aliphatic heterocycles. The van der Waals surface area contributed by atoms with E-state index in [0.29, 0.717) is 37.1 Å². The zero-order valence-electron chi connectivity index (χ0n) is 14.8. The first-order valence-corrected chi connectivity index (χ1v) is 8.18. The first-order valence-electron chi connectivity index (χ1n) is 8.18. The van der Waals surface area contributed by atoms with Gasteiger partial charge in [0, 0.05) is 38.3 Å². The summed E-state index contributed by atoms with van der Waals surface area (Å²) < 4.78 is 10.6. The Bertz CT molecular complexity index is 647. The first-order chi connectivity index (χ1) is 12.1. The van der Waals surface area contributed by atoms with Gasteiger partial charge in [-0.15, -0.1) is 0 Å². The van der Waals surface area contributed by atoms with Crippen LogP contribution in [0.2, 0.25) is 0 Å². The Kier molecular flexibility index (Phi) is 7.16. The van der Waals surface area contributed by atoms with Gasteiger partial charge >= 0.3 is 12.0 Å². The molecule has 0 aliphatic carbocycles. The fourth-order valence-electron chi connectivity index (χ4n) is 2.17. The van der Waals surface area contributed by atoms with Gasteiger partial charge in [-0.05, 0) is 36.2 Å². The Morgan fingerprint density at radius 2 is 1.88 bits per heavy atom. The van der Waals surface area contributed by atoms with Crippen molar-refractivity contribution in [3.63, 3.8) is 0 Å². The number of urea groups is 1. The lowest BCUT2D eigenvalue weighted by molar-refractivity contribution is 0.150. The number of carbonyl (C=O) groups is 1. The third kappa shape index (κ3) is 6.39. The molecule has 2 aromatic rings. The van der Waals surface area contributed by atoms with E-state index in [2.05, 4.69) is 29.1 Å². The molecule has 7 heteroatoms. The normalized spacial score (nSPS) is 10.6. The number of nitrogens with one attached hydrogen (secondary N) is 1. The highest BCUT2D eigenvalue weighted by Gasteiger charge is 2.14. The SMILES string of the molecule is COCCN(CC(C)C)C(=O)Nc1ccc(Oc2ncccn2)cc1. The fourth-order valence-corrected chi connectivity index (χ4v) is 2.17. The molecule has 1 aromatic heterocycles. The van der Waals surface area contributed by atoms with Crippen molar-refractivity contribution in [3.05, 3.63) is 42.7 Å². The third-order valence-corrected chi connectivity index (χ3v) is 3.29. The Hall–Kier alpha value is -2.67. The maximum absolute atomic E-state index is 12.4. The summed E-state index contributed by atoms with van der Waals surface area (Å²) >= 11 is 0. The molecule has 2 rings (SSSR count). The second-order valence-electron chi connectivity index (χ2n) is 5.92. The predicted molar refractivity (Wildman–Crippen MR) is 95.9 cm³/mol. The zero-order chi connectivity index (χ0) is 18.1. The van der Waals surface area contributed by atoms with Crippen molar-refractivity contribution in [3.8, 4) is 11.8 Å². The summed E-state index contributed by atoms with van der Waals surface area (Å²) in [6, 6.07) is 8.92. The molecule has 0 saturated carbocycles. The molecule has 2 amide bonds. The summed E-state index contributed by atoms with van der Waals surface area (Å²) in [5.41, 5.74) is 0.692. The second kappa shape index (κ2) is 9.58. The number of aromatic nitrogens is 2. The zero-order valence-corrected chi connectivity index (χ0v) is 14.8. The van der Waals surface area contributed by atoms with E-state index in [9.17, 15) is 4.79 Å². The van der Waals surface area contributed by atoms with Crippen molar-refractivity contribution in [2.75, 3.05) is 32.1 Å². The van der Waals surface area contributed by atoms with Gasteiger partial charge in [0.1, 0.15) is 5.75 Å². The molecule has 0 unspecified atom stereocenters. The highest BCUT2D eigenvalue weighted by Crippen LogP contribution is 2.20. The minimum atomic E-state index is -0.147. The van der Waals surface area contributed by atoms with Crippen molar-refractivity contribution < 1.29 is 14.3 Å². The van der Waals surface area contributed by atoms with Crippen LogP contribution in [0, 0.1) is 5.92 Å². The van der Waals surface area contributed by atoms with Crippen molar-refractivity contribution in [1.82, 2.24) is 14.9 Å². The smallest absolute Gasteiger partial charge is 0.321 e. The van der Waals surface area contributed by atoms with Crippen molar-refractivity contribution >= 4 is 11.7 Å². The van der Waals surface area contributed by atoms with E-state index in [1.165, 1.54) is 0 Å². The van der Waals surface area contributed by atoms with E-state index < -0.39 is 0 Å². The lowest BCUT2D eigenvalue weighted by Gasteiger charge is -2.24. The van der Waals surface area contributed by atoms with Crippen LogP contribution in [0.1, 0.15) is 13.8 Å². The van der Waals surface area contributed by atoms with Gasteiger partial charge in [-0.3, -0.25) is 0 Å². The number of benzene rings is 1. The van der Waals surface area contributed by atoms with E-state index >= 15 is 0 Å². The number of carbonyl (C=O) groups excluding carboxylic acids is 1. The molecule has 0 fully saturated rings. The molecule has 0 radical (unpaired) electrons. The van der Waals surface area contributed by atoms with Gasteiger partial charge in [0.25, 0.3) is 0 Å². The van der Waals surface area contributed by atoms with Crippen LogP contribution in [0.15, 0.2) is 42.7 Å². The van der Waals surface area contributed by atoms with E-state index in [1.807, 2.05) is 0 Å². The second-order valence-corrected chi connectivity index (χ2v) is 5.92. The topological polar surface area (TPSA) is 76.6 Å². The number of methoxy groups -OCH3 is 1. The van der Waals surface area contributed by atoms with Gasteiger partial charge < -0.3 is 19.7 Å². The van der Waals surface area contributed by atoms with Crippen LogP contribution >= 0.6 is 0 Å². The third-order valence-electron chi connectivity index (χ3n) is 3.29. The van der Waals surface area contributed by atoms with Gasteiger partial charge in [-0.1, -0.05) is 13.8 Å². The van der Waals surface area contributed by atoms with Crippen molar-refractivity contribution in [1.29, 1.82) is 0 Å². The molecule has 1 N–H and O–H groups in total. The van der Waals surface area contributed by atoms with Crippen LogP contribution in [0.4, 0.5) is 10.5 Å². The van der Waals surface area contributed by atoms with Gasteiger partial charge in [0.05, 0.1) is 6.61 Å². The van der Waals surface area contributed by atoms with Crippen LogP contribution in [0.25, 0.3) is 0 Å². The van der Waals surface area contributed by atoms with Gasteiger partial charge in [0.15, 0.2) is 0 Å². The molecule has 1 heterocycles. The summed E-state index contributed by atoms with van der Waals surface area (Å²) in [4.78, 5) is 22.2. The number of anilines is 1. The highest BCUT2D eigenvalue weighted by molar-refractivity contribution is 5.89. The van der Waals surface area contributed by atoms with Crippen LogP contribution in [0.5, 0.6) is 11.8 Å². The van der Waals surface area contributed by atoms with Crippen LogP contribution in [-0.2, 0) is 4.74 Å². The Morgan fingerprint density at radius 3 is 2.48 bits per heavy atom. The largest absolute Gasteiger partial charge is 0.424 e.